The number of aliphatic hydroxyl groups excluding tert-OH is 1. The first-order chi connectivity index (χ1) is 16.2. The molecule has 1 N–H and O–H groups in total. The fourth-order valence-corrected chi connectivity index (χ4v) is 4.86. The van der Waals surface area contributed by atoms with E-state index in [1.165, 1.54) is 36.7 Å². The van der Waals surface area contributed by atoms with E-state index in [4.69, 9.17) is 27.9 Å². The number of amides is 1. The van der Waals surface area contributed by atoms with Gasteiger partial charge in [0.15, 0.2) is 5.13 Å². The number of aromatic nitrogens is 2. The van der Waals surface area contributed by atoms with Gasteiger partial charge in [0.05, 0.1) is 34.0 Å². The molecule has 8 nitrogen and oxygen atoms in total. The molecule has 174 valence electrons. The highest BCUT2D eigenvalue weighted by atomic mass is 35.5. The number of ketones is 1. The number of nitrogens with zero attached hydrogens (tertiary/aromatic N) is 3. The van der Waals surface area contributed by atoms with Gasteiger partial charge in [-0.1, -0.05) is 40.6 Å². The molecule has 1 aliphatic rings. The second kappa shape index (κ2) is 9.54. The molecule has 3 heterocycles. The van der Waals surface area contributed by atoms with Crippen molar-refractivity contribution >= 4 is 63.1 Å². The van der Waals surface area contributed by atoms with Crippen LogP contribution in [0.1, 0.15) is 39.5 Å². The Labute approximate surface area is 208 Å². The van der Waals surface area contributed by atoms with Gasteiger partial charge >= 0.3 is 11.9 Å². The number of esters is 1. The summed E-state index contributed by atoms with van der Waals surface area (Å²) in [7, 11) is 0. The fourth-order valence-electron chi connectivity index (χ4n) is 3.56. The molecule has 1 atom stereocenters. The maximum Gasteiger partial charge on any atom is 0.350 e. The van der Waals surface area contributed by atoms with Gasteiger partial charge in [-0.25, -0.2) is 9.78 Å². The number of Topliss-reactive ketones (excluding diaryl/α,β-unsaturated/α-hetero) is 1. The number of aryl methyl sites for hydroxylation is 1. The van der Waals surface area contributed by atoms with Crippen LogP contribution in [0.3, 0.4) is 0 Å². The zero-order valence-corrected chi connectivity index (χ0v) is 20.2. The van der Waals surface area contributed by atoms with Crippen LogP contribution < -0.4 is 4.90 Å². The number of pyridine rings is 1. The van der Waals surface area contributed by atoms with Crippen molar-refractivity contribution in [1.29, 1.82) is 0 Å². The topological polar surface area (TPSA) is 110 Å². The van der Waals surface area contributed by atoms with Gasteiger partial charge in [0.25, 0.3) is 5.78 Å². The molecule has 1 fully saturated rings. The predicted octanol–water partition coefficient (Wildman–Crippen LogP) is 4.96. The molecule has 2 aromatic heterocycles. The van der Waals surface area contributed by atoms with Crippen LogP contribution in [0, 0.1) is 6.92 Å². The van der Waals surface area contributed by atoms with E-state index in [2.05, 4.69) is 9.97 Å². The molecule has 0 aliphatic carbocycles. The minimum Gasteiger partial charge on any atom is -0.507 e. The number of aliphatic hydroxyl groups is 1. The highest BCUT2D eigenvalue weighted by Crippen LogP contribution is 2.44. The van der Waals surface area contributed by atoms with Gasteiger partial charge < -0.3 is 9.84 Å². The van der Waals surface area contributed by atoms with Gasteiger partial charge in [0.1, 0.15) is 10.6 Å². The van der Waals surface area contributed by atoms with Gasteiger partial charge in [0.2, 0.25) is 0 Å². The summed E-state index contributed by atoms with van der Waals surface area (Å²) >= 11 is 13.2. The van der Waals surface area contributed by atoms with Crippen molar-refractivity contribution in [2.45, 2.75) is 19.9 Å². The lowest BCUT2D eigenvalue weighted by Gasteiger charge is -2.23. The van der Waals surface area contributed by atoms with Crippen molar-refractivity contribution in [1.82, 2.24) is 9.97 Å². The average molecular weight is 518 g/mol. The van der Waals surface area contributed by atoms with Crippen LogP contribution in [-0.4, -0.2) is 39.3 Å². The molecule has 0 bridgehead atoms. The third kappa shape index (κ3) is 4.18. The molecule has 11 heteroatoms. The molecular formula is C23H17Cl2N3O5S. The summed E-state index contributed by atoms with van der Waals surface area (Å²) in [6.07, 6.45) is 2.91. The number of thiazole rings is 1. The molecule has 3 aromatic rings. The summed E-state index contributed by atoms with van der Waals surface area (Å²) in [5.41, 5.74) is 0.929. The van der Waals surface area contributed by atoms with Gasteiger partial charge in [-0.2, -0.15) is 0 Å². The van der Waals surface area contributed by atoms with E-state index in [9.17, 15) is 19.5 Å². The molecule has 0 saturated carbocycles. The molecule has 1 aliphatic heterocycles. The average Bonchev–Trinajstić information content (AvgIpc) is 3.33. The summed E-state index contributed by atoms with van der Waals surface area (Å²) in [5.74, 6) is -2.77. The molecule has 4 rings (SSSR count). The van der Waals surface area contributed by atoms with Crippen molar-refractivity contribution in [2.24, 2.45) is 0 Å². The summed E-state index contributed by atoms with van der Waals surface area (Å²) in [5, 5.41) is 11.6. The van der Waals surface area contributed by atoms with Crippen LogP contribution in [0.25, 0.3) is 5.76 Å². The smallest absolute Gasteiger partial charge is 0.350 e. The first-order valence-electron chi connectivity index (χ1n) is 10.1. The van der Waals surface area contributed by atoms with Gasteiger partial charge in [-0.15, -0.1) is 0 Å². The summed E-state index contributed by atoms with van der Waals surface area (Å²) < 4.78 is 5.06. The van der Waals surface area contributed by atoms with E-state index < -0.39 is 23.7 Å². The second-order valence-corrected chi connectivity index (χ2v) is 9.00. The lowest BCUT2D eigenvalue weighted by molar-refractivity contribution is -0.132. The zero-order valence-electron chi connectivity index (χ0n) is 17.9. The number of halogens is 2. The van der Waals surface area contributed by atoms with Crippen LogP contribution in [-0.2, 0) is 14.3 Å². The number of benzene rings is 1. The maximum atomic E-state index is 13.2. The molecular weight excluding hydrogens is 501 g/mol. The molecule has 0 radical (unpaired) electrons. The molecule has 1 amide bonds. The zero-order chi connectivity index (χ0) is 24.6. The van der Waals surface area contributed by atoms with E-state index in [0.717, 1.165) is 16.2 Å². The standard InChI is InChI=1S/C23H17Cl2N3O5S/c1-3-33-22(32)20-11(2)27-23(34-20)28-17(13-4-5-14(24)15(25)10-13)16(19(30)21(28)31)18(29)12-6-8-26-9-7-12/h4-10,17,29H,3H2,1-2H3/b18-16+. The van der Waals surface area contributed by atoms with Crippen molar-refractivity contribution in [2.75, 3.05) is 11.5 Å². The summed E-state index contributed by atoms with van der Waals surface area (Å²) in [4.78, 5) is 48.3. The Morgan fingerprint density at radius 1 is 1.18 bits per heavy atom. The Kier molecular flexibility index (Phi) is 6.70. The first kappa shape index (κ1) is 23.9. The Bertz CT molecular complexity index is 1340. The van der Waals surface area contributed by atoms with Crippen molar-refractivity contribution < 1.29 is 24.2 Å². The maximum absolute atomic E-state index is 13.2. The Morgan fingerprint density at radius 3 is 2.53 bits per heavy atom. The van der Waals surface area contributed by atoms with E-state index in [0.29, 0.717) is 16.8 Å². The Morgan fingerprint density at radius 2 is 1.88 bits per heavy atom. The highest BCUT2D eigenvalue weighted by molar-refractivity contribution is 7.17. The normalized spacial score (nSPS) is 17.3. The number of carbonyl (C=O) groups excluding carboxylic acids is 3. The molecule has 34 heavy (non-hydrogen) atoms. The third-order valence-electron chi connectivity index (χ3n) is 5.11. The molecule has 1 unspecified atom stereocenters. The van der Waals surface area contributed by atoms with E-state index in [1.807, 2.05) is 0 Å². The minimum atomic E-state index is -1.07. The third-order valence-corrected chi connectivity index (χ3v) is 6.99. The predicted molar refractivity (Wildman–Crippen MR) is 128 cm³/mol. The first-order valence-corrected chi connectivity index (χ1v) is 11.6. The van der Waals surface area contributed by atoms with Crippen LogP contribution >= 0.6 is 34.5 Å². The van der Waals surface area contributed by atoms with Crippen LogP contribution in [0.5, 0.6) is 0 Å². The Hall–Kier alpha value is -3.27. The van der Waals surface area contributed by atoms with Crippen molar-refractivity contribution in [3.63, 3.8) is 0 Å². The summed E-state index contributed by atoms with van der Waals surface area (Å²) in [6.45, 7) is 3.45. The SMILES string of the molecule is CCOC(=O)c1sc(N2C(=O)C(=O)/C(=C(/O)c3ccncc3)C2c2ccc(Cl)c(Cl)c2)nc1C. The monoisotopic (exact) mass is 517 g/mol. The summed E-state index contributed by atoms with van der Waals surface area (Å²) in [6, 6.07) is 6.61. The number of anilines is 1. The highest BCUT2D eigenvalue weighted by Gasteiger charge is 2.48. The molecule has 1 aromatic carbocycles. The van der Waals surface area contributed by atoms with Gasteiger partial charge in [-0.3, -0.25) is 19.5 Å². The number of hydrogen-bond donors (Lipinski definition) is 1. The number of rotatable bonds is 5. The lowest BCUT2D eigenvalue weighted by Crippen LogP contribution is -2.29. The van der Waals surface area contributed by atoms with Gasteiger partial charge in [-0.05, 0) is 43.7 Å². The number of ether oxygens (including phenoxy) is 1. The van der Waals surface area contributed by atoms with E-state index in [1.54, 1.807) is 19.9 Å². The fraction of sp³-hybridized carbons (Fsp3) is 0.174. The molecule has 1 saturated heterocycles. The van der Waals surface area contributed by atoms with E-state index >= 15 is 0 Å². The molecule has 0 spiro atoms. The van der Waals surface area contributed by atoms with Crippen molar-refractivity contribution in [3.05, 3.63) is 80.0 Å². The Balaban J connectivity index is 1.93. The van der Waals surface area contributed by atoms with E-state index in [-0.39, 0.29) is 38.0 Å². The van der Waals surface area contributed by atoms with Crippen molar-refractivity contribution in [3.8, 4) is 0 Å². The minimum absolute atomic E-state index is 0.104. The lowest BCUT2D eigenvalue weighted by atomic mass is 9.95. The van der Waals surface area contributed by atoms with Crippen LogP contribution in [0.15, 0.2) is 48.3 Å². The van der Waals surface area contributed by atoms with Gasteiger partial charge in [0, 0.05) is 18.0 Å². The quantitative estimate of drug-likeness (QED) is 0.220. The number of hydrogen-bond acceptors (Lipinski definition) is 8. The van der Waals surface area contributed by atoms with Crippen LogP contribution in [0.4, 0.5) is 5.13 Å². The number of carbonyl (C=O) groups is 3. The second-order valence-electron chi connectivity index (χ2n) is 7.21. The van der Waals surface area contributed by atoms with Crippen LogP contribution in [0.2, 0.25) is 10.0 Å². The largest absolute Gasteiger partial charge is 0.507 e.